The first-order valence-corrected chi connectivity index (χ1v) is 12.2. The topological polar surface area (TPSA) is 12.0 Å². The Morgan fingerprint density at radius 1 is 0.457 bits per heavy atom. The molecule has 35 heavy (non-hydrogen) atoms. The molecule has 0 unspecified atom stereocenters. The highest BCUT2D eigenvalue weighted by Crippen LogP contribution is 2.37. The molecular weight excluding hydrogens is 422 g/mol. The van der Waals surface area contributed by atoms with Crippen LogP contribution in [-0.2, 0) is 12.8 Å². The number of anilines is 2. The van der Waals surface area contributed by atoms with Crippen molar-refractivity contribution in [3.63, 3.8) is 0 Å². The van der Waals surface area contributed by atoms with Crippen LogP contribution in [0.1, 0.15) is 11.1 Å². The highest BCUT2D eigenvalue weighted by atomic mass is 14.9. The minimum absolute atomic E-state index is 1.04. The van der Waals surface area contributed by atoms with Crippen molar-refractivity contribution in [2.45, 2.75) is 12.8 Å². The molecule has 0 fully saturated rings. The van der Waals surface area contributed by atoms with Crippen LogP contribution in [0.2, 0.25) is 0 Å². The summed E-state index contributed by atoms with van der Waals surface area (Å²) in [5.74, 6) is 0. The lowest BCUT2D eigenvalue weighted by Crippen LogP contribution is -1.95. The van der Waals surface area contributed by atoms with Crippen LogP contribution in [0, 0.1) is 0 Å². The van der Waals surface area contributed by atoms with E-state index in [2.05, 4.69) is 139 Å². The van der Waals surface area contributed by atoms with E-state index in [1.165, 1.54) is 43.8 Å². The number of nitrogens with one attached hydrogen (secondary N) is 1. The van der Waals surface area contributed by atoms with E-state index in [9.17, 15) is 0 Å². The lowest BCUT2D eigenvalue weighted by atomic mass is 9.94. The average Bonchev–Trinajstić information content (AvgIpc) is 2.93. The first-order valence-electron chi connectivity index (χ1n) is 12.2. The molecule has 6 aromatic rings. The van der Waals surface area contributed by atoms with Crippen molar-refractivity contribution in [2.75, 3.05) is 5.32 Å². The van der Waals surface area contributed by atoms with Gasteiger partial charge < -0.3 is 5.32 Å². The summed E-state index contributed by atoms with van der Waals surface area (Å²) >= 11 is 0. The van der Waals surface area contributed by atoms with Crippen molar-refractivity contribution in [3.8, 4) is 11.1 Å². The van der Waals surface area contributed by atoms with Crippen LogP contribution >= 0.6 is 0 Å². The van der Waals surface area contributed by atoms with Crippen LogP contribution in [0.15, 0.2) is 133 Å². The van der Waals surface area contributed by atoms with Gasteiger partial charge in [0.15, 0.2) is 0 Å². The molecular formula is C34H27N. The van der Waals surface area contributed by atoms with Crippen LogP contribution in [0.3, 0.4) is 0 Å². The van der Waals surface area contributed by atoms with Gasteiger partial charge in [0.25, 0.3) is 0 Å². The summed E-state index contributed by atoms with van der Waals surface area (Å²) in [6.45, 7) is 0. The third-order valence-electron chi connectivity index (χ3n) is 6.75. The Balaban J connectivity index is 1.35. The average molecular weight is 450 g/mol. The number of hydrogen-bond acceptors (Lipinski definition) is 1. The lowest BCUT2D eigenvalue weighted by Gasteiger charge is -2.16. The molecule has 0 amide bonds. The molecule has 0 spiro atoms. The van der Waals surface area contributed by atoms with Gasteiger partial charge in [-0.3, -0.25) is 0 Å². The normalized spacial score (nSPS) is 11.1. The first-order chi connectivity index (χ1) is 17.3. The minimum Gasteiger partial charge on any atom is -0.355 e. The van der Waals surface area contributed by atoms with Crippen LogP contribution in [0.25, 0.3) is 32.7 Å². The highest BCUT2D eigenvalue weighted by molar-refractivity contribution is 6.03. The van der Waals surface area contributed by atoms with Gasteiger partial charge in [-0.2, -0.15) is 0 Å². The number of fused-ring (bicyclic) bond motifs is 2. The van der Waals surface area contributed by atoms with E-state index in [0.29, 0.717) is 0 Å². The zero-order valence-corrected chi connectivity index (χ0v) is 19.6. The molecule has 0 atom stereocenters. The second kappa shape index (κ2) is 9.48. The molecule has 0 radical (unpaired) electrons. The predicted molar refractivity (Wildman–Crippen MR) is 150 cm³/mol. The maximum absolute atomic E-state index is 3.72. The molecule has 0 aliphatic heterocycles. The largest absolute Gasteiger partial charge is 0.355 e. The summed E-state index contributed by atoms with van der Waals surface area (Å²) in [7, 11) is 0. The number of rotatable bonds is 6. The Hall–Kier alpha value is -4.36. The Labute approximate surface area is 206 Å². The SMILES string of the molecule is c1ccc(CCc2ccc(-c3c(Nc4ccc5ccccc5c4)ccc4ccccc34)cc2)cc1. The second-order valence-electron chi connectivity index (χ2n) is 9.08. The highest BCUT2D eigenvalue weighted by Gasteiger charge is 2.11. The van der Waals surface area contributed by atoms with Crippen LogP contribution in [0.4, 0.5) is 11.4 Å². The van der Waals surface area contributed by atoms with Gasteiger partial charge in [-0.05, 0) is 69.3 Å². The van der Waals surface area contributed by atoms with Crippen molar-refractivity contribution in [1.29, 1.82) is 0 Å². The maximum Gasteiger partial charge on any atom is 0.0470 e. The molecule has 0 saturated carbocycles. The molecule has 168 valence electrons. The standard InChI is InChI=1S/C34H27N/c1-2-8-25(9-3-1)14-15-26-16-18-29(19-17-26)34-32-13-7-6-11-28(32)21-23-33(34)35-31-22-20-27-10-4-5-12-30(27)24-31/h1-13,16-24,35H,14-15H2. The molecule has 1 heteroatoms. The van der Waals surface area contributed by atoms with E-state index in [1.807, 2.05) is 0 Å². The number of hydrogen-bond donors (Lipinski definition) is 1. The predicted octanol–water partition coefficient (Wildman–Crippen LogP) is 9.19. The molecule has 1 nitrogen and oxygen atoms in total. The lowest BCUT2D eigenvalue weighted by molar-refractivity contribution is 0.960. The summed E-state index contributed by atoms with van der Waals surface area (Å²) in [5, 5.41) is 8.72. The van der Waals surface area contributed by atoms with E-state index < -0.39 is 0 Å². The Morgan fingerprint density at radius 2 is 1.09 bits per heavy atom. The van der Waals surface area contributed by atoms with Gasteiger partial charge in [-0.15, -0.1) is 0 Å². The van der Waals surface area contributed by atoms with E-state index in [0.717, 1.165) is 24.2 Å². The van der Waals surface area contributed by atoms with Gasteiger partial charge in [0.1, 0.15) is 0 Å². The minimum atomic E-state index is 1.04. The molecule has 6 rings (SSSR count). The van der Waals surface area contributed by atoms with E-state index in [1.54, 1.807) is 0 Å². The fraction of sp³-hybridized carbons (Fsp3) is 0.0588. The maximum atomic E-state index is 3.72. The number of benzene rings is 6. The van der Waals surface area contributed by atoms with Gasteiger partial charge in [-0.25, -0.2) is 0 Å². The third-order valence-corrected chi connectivity index (χ3v) is 6.75. The zero-order valence-electron chi connectivity index (χ0n) is 19.6. The van der Waals surface area contributed by atoms with Crippen molar-refractivity contribution in [3.05, 3.63) is 145 Å². The quantitative estimate of drug-likeness (QED) is 0.267. The molecule has 0 aliphatic rings. The van der Waals surface area contributed by atoms with Crippen molar-refractivity contribution >= 4 is 32.9 Å². The molecule has 0 heterocycles. The Bertz CT molecular complexity index is 1600. The van der Waals surface area contributed by atoms with Gasteiger partial charge in [-0.1, -0.05) is 115 Å². The molecule has 0 saturated heterocycles. The van der Waals surface area contributed by atoms with Gasteiger partial charge in [0, 0.05) is 16.9 Å². The summed E-state index contributed by atoms with van der Waals surface area (Å²) in [4.78, 5) is 0. The second-order valence-corrected chi connectivity index (χ2v) is 9.08. The van der Waals surface area contributed by atoms with Gasteiger partial charge in [0.2, 0.25) is 0 Å². The van der Waals surface area contributed by atoms with Crippen LogP contribution in [-0.4, -0.2) is 0 Å². The van der Waals surface area contributed by atoms with Crippen molar-refractivity contribution in [2.24, 2.45) is 0 Å². The Kier molecular flexibility index (Phi) is 5.74. The van der Waals surface area contributed by atoms with Crippen LogP contribution < -0.4 is 5.32 Å². The fourth-order valence-corrected chi connectivity index (χ4v) is 4.88. The van der Waals surface area contributed by atoms with E-state index in [4.69, 9.17) is 0 Å². The van der Waals surface area contributed by atoms with Gasteiger partial charge >= 0.3 is 0 Å². The molecule has 6 aromatic carbocycles. The Morgan fingerprint density at radius 3 is 1.89 bits per heavy atom. The smallest absolute Gasteiger partial charge is 0.0470 e. The first kappa shape index (κ1) is 21.2. The third kappa shape index (κ3) is 4.54. The summed E-state index contributed by atoms with van der Waals surface area (Å²) in [6.07, 6.45) is 2.10. The molecule has 1 N–H and O–H groups in total. The molecule has 0 aliphatic carbocycles. The molecule has 0 aromatic heterocycles. The fourth-order valence-electron chi connectivity index (χ4n) is 4.88. The van der Waals surface area contributed by atoms with Crippen molar-refractivity contribution < 1.29 is 0 Å². The zero-order chi connectivity index (χ0) is 23.5. The summed E-state index contributed by atoms with van der Waals surface area (Å²) < 4.78 is 0. The van der Waals surface area contributed by atoms with Crippen LogP contribution in [0.5, 0.6) is 0 Å². The van der Waals surface area contributed by atoms with E-state index in [-0.39, 0.29) is 0 Å². The van der Waals surface area contributed by atoms with E-state index >= 15 is 0 Å². The number of aryl methyl sites for hydroxylation is 2. The van der Waals surface area contributed by atoms with Crippen molar-refractivity contribution in [1.82, 2.24) is 0 Å². The summed E-state index contributed by atoms with van der Waals surface area (Å²) in [5.41, 5.74) is 7.43. The summed E-state index contributed by atoms with van der Waals surface area (Å²) in [6, 6.07) is 47.9. The monoisotopic (exact) mass is 449 g/mol. The van der Waals surface area contributed by atoms with Gasteiger partial charge in [0.05, 0.1) is 0 Å². The molecule has 0 bridgehead atoms.